The summed E-state index contributed by atoms with van der Waals surface area (Å²) in [6.07, 6.45) is 1.56. The van der Waals surface area contributed by atoms with Crippen LogP contribution < -0.4 is 13.7 Å². The summed E-state index contributed by atoms with van der Waals surface area (Å²) in [5.41, 5.74) is 3.59. The molecule has 0 aliphatic carbocycles. The highest BCUT2D eigenvalue weighted by atomic mass is 32.2. The van der Waals surface area contributed by atoms with Gasteiger partial charge in [-0.05, 0) is 84.6 Å². The first-order valence-electron chi connectivity index (χ1n) is 12.7. The molecule has 0 unspecified atom stereocenters. The molecule has 10 heteroatoms. The summed E-state index contributed by atoms with van der Waals surface area (Å²) in [6, 6.07) is 16.9. The Morgan fingerprint density at radius 2 is 1.60 bits per heavy atom. The van der Waals surface area contributed by atoms with Crippen LogP contribution in [0.1, 0.15) is 42.0 Å². The second kappa shape index (κ2) is 12.2. The number of carbonyl (C=O) groups excluding carboxylic acids is 2. The number of carbonyl (C=O) groups is 2. The van der Waals surface area contributed by atoms with Crippen molar-refractivity contribution in [2.75, 3.05) is 20.3 Å². The van der Waals surface area contributed by atoms with E-state index >= 15 is 0 Å². The van der Waals surface area contributed by atoms with Crippen molar-refractivity contribution in [1.29, 1.82) is 0 Å². The number of benzene rings is 3. The number of nitrogens with zero attached hydrogens (tertiary/aromatic N) is 1. The first kappa shape index (κ1) is 29.2. The molecule has 0 aromatic heterocycles. The van der Waals surface area contributed by atoms with Gasteiger partial charge in [0.05, 0.1) is 18.6 Å². The lowest BCUT2D eigenvalue weighted by atomic mass is 10.0. The van der Waals surface area contributed by atoms with E-state index in [-0.39, 0.29) is 45.6 Å². The molecule has 0 bridgehead atoms. The number of rotatable bonds is 10. The number of imide groups is 1. The molecular weight excluding hydrogens is 550 g/mol. The first-order valence-corrected chi connectivity index (χ1v) is 14.9. The van der Waals surface area contributed by atoms with E-state index in [0.717, 1.165) is 39.1 Å². The third-order valence-corrected chi connectivity index (χ3v) is 8.39. The summed E-state index contributed by atoms with van der Waals surface area (Å²) in [6.45, 7) is 8.28. The highest BCUT2D eigenvalue weighted by molar-refractivity contribution is 8.18. The number of hydrogen-bond donors (Lipinski definition) is 0. The molecular formula is C30H31NO7S2. The van der Waals surface area contributed by atoms with Gasteiger partial charge in [-0.15, -0.1) is 0 Å². The summed E-state index contributed by atoms with van der Waals surface area (Å²) < 4.78 is 42.1. The Morgan fingerprint density at radius 1 is 0.900 bits per heavy atom. The SMILES string of the molecule is COc1cc(/C=C2\SC(=O)N(CCOc3cc(C)ccc3C(C)C)C2=O)ccc1OS(=O)(=O)c1ccc(C)cc1. The Balaban J connectivity index is 1.45. The van der Waals surface area contributed by atoms with Crippen LogP contribution in [-0.2, 0) is 14.9 Å². The lowest BCUT2D eigenvalue weighted by Gasteiger charge is -2.17. The molecule has 40 heavy (non-hydrogen) atoms. The quantitative estimate of drug-likeness (QED) is 0.203. The average Bonchev–Trinajstić information content (AvgIpc) is 3.16. The Bertz CT molecular complexity index is 1560. The van der Waals surface area contributed by atoms with Crippen molar-refractivity contribution < 1.29 is 31.7 Å². The Kier molecular flexibility index (Phi) is 8.90. The van der Waals surface area contributed by atoms with E-state index in [2.05, 4.69) is 13.8 Å². The van der Waals surface area contributed by atoms with Gasteiger partial charge in [0.15, 0.2) is 11.5 Å². The summed E-state index contributed by atoms with van der Waals surface area (Å²) in [5.74, 6) is 0.760. The second-order valence-electron chi connectivity index (χ2n) is 9.64. The van der Waals surface area contributed by atoms with Gasteiger partial charge < -0.3 is 13.7 Å². The second-order valence-corrected chi connectivity index (χ2v) is 12.2. The van der Waals surface area contributed by atoms with Crippen LogP contribution in [0.5, 0.6) is 17.2 Å². The van der Waals surface area contributed by atoms with Crippen LogP contribution in [0.15, 0.2) is 70.5 Å². The average molecular weight is 582 g/mol. The maximum absolute atomic E-state index is 13.0. The number of ether oxygens (including phenoxy) is 2. The highest BCUT2D eigenvalue weighted by Gasteiger charge is 2.35. The predicted molar refractivity (Wildman–Crippen MR) is 155 cm³/mol. The maximum Gasteiger partial charge on any atom is 0.339 e. The third kappa shape index (κ3) is 6.68. The Labute approximate surface area is 239 Å². The maximum atomic E-state index is 13.0. The van der Waals surface area contributed by atoms with Crippen molar-refractivity contribution >= 4 is 39.1 Å². The van der Waals surface area contributed by atoms with Crippen molar-refractivity contribution in [3.63, 3.8) is 0 Å². The number of hydrogen-bond acceptors (Lipinski definition) is 8. The number of amides is 2. The van der Waals surface area contributed by atoms with Crippen LogP contribution in [0.2, 0.25) is 0 Å². The minimum Gasteiger partial charge on any atom is -0.493 e. The fraction of sp³-hybridized carbons (Fsp3) is 0.267. The smallest absolute Gasteiger partial charge is 0.339 e. The van der Waals surface area contributed by atoms with Gasteiger partial charge in [0.2, 0.25) is 0 Å². The van der Waals surface area contributed by atoms with Crippen LogP contribution >= 0.6 is 11.8 Å². The molecule has 2 amide bonds. The van der Waals surface area contributed by atoms with E-state index in [1.807, 2.05) is 32.0 Å². The van der Waals surface area contributed by atoms with Crippen LogP contribution in [0.25, 0.3) is 6.08 Å². The zero-order valence-corrected chi connectivity index (χ0v) is 24.6. The first-order chi connectivity index (χ1) is 19.0. The molecule has 4 rings (SSSR count). The molecule has 1 saturated heterocycles. The minimum atomic E-state index is -4.08. The molecule has 3 aromatic carbocycles. The third-order valence-electron chi connectivity index (χ3n) is 6.23. The normalized spacial score (nSPS) is 14.8. The van der Waals surface area contributed by atoms with Crippen molar-refractivity contribution in [2.45, 2.75) is 38.5 Å². The number of thioether (sulfide) groups is 1. The van der Waals surface area contributed by atoms with E-state index in [1.165, 1.54) is 25.3 Å². The monoisotopic (exact) mass is 581 g/mol. The topological polar surface area (TPSA) is 99.2 Å². The van der Waals surface area contributed by atoms with Crippen molar-refractivity contribution in [3.8, 4) is 17.2 Å². The Morgan fingerprint density at radius 3 is 2.27 bits per heavy atom. The molecule has 0 atom stereocenters. The zero-order valence-electron chi connectivity index (χ0n) is 23.0. The summed E-state index contributed by atoms with van der Waals surface area (Å²) in [7, 11) is -2.69. The van der Waals surface area contributed by atoms with Gasteiger partial charge in [0.25, 0.3) is 11.1 Å². The minimum absolute atomic E-state index is 0.00222. The predicted octanol–water partition coefficient (Wildman–Crippen LogP) is 6.32. The summed E-state index contributed by atoms with van der Waals surface area (Å²) in [4.78, 5) is 27.0. The van der Waals surface area contributed by atoms with Gasteiger partial charge in [-0.25, -0.2) is 0 Å². The Hall–Kier alpha value is -3.76. The van der Waals surface area contributed by atoms with Crippen molar-refractivity contribution in [1.82, 2.24) is 4.90 Å². The van der Waals surface area contributed by atoms with E-state index in [4.69, 9.17) is 13.7 Å². The van der Waals surface area contributed by atoms with E-state index in [1.54, 1.807) is 30.3 Å². The van der Waals surface area contributed by atoms with E-state index < -0.39 is 16.0 Å². The molecule has 1 fully saturated rings. The molecule has 0 spiro atoms. The van der Waals surface area contributed by atoms with Gasteiger partial charge in [0, 0.05) is 0 Å². The molecule has 0 N–H and O–H groups in total. The summed E-state index contributed by atoms with van der Waals surface area (Å²) >= 11 is 0.834. The molecule has 8 nitrogen and oxygen atoms in total. The molecule has 0 saturated carbocycles. The number of aryl methyl sites for hydroxylation is 2. The highest BCUT2D eigenvalue weighted by Crippen LogP contribution is 2.35. The van der Waals surface area contributed by atoms with Crippen LogP contribution in [-0.4, -0.2) is 44.7 Å². The fourth-order valence-electron chi connectivity index (χ4n) is 4.05. The molecule has 1 aliphatic rings. The summed E-state index contributed by atoms with van der Waals surface area (Å²) in [5, 5.41) is -0.385. The van der Waals surface area contributed by atoms with Crippen LogP contribution in [0, 0.1) is 13.8 Å². The van der Waals surface area contributed by atoms with Gasteiger partial charge in [0.1, 0.15) is 17.3 Å². The lowest BCUT2D eigenvalue weighted by Crippen LogP contribution is -2.32. The number of methoxy groups -OCH3 is 1. The zero-order chi connectivity index (χ0) is 29.0. The van der Waals surface area contributed by atoms with Gasteiger partial charge in [-0.1, -0.05) is 49.7 Å². The largest absolute Gasteiger partial charge is 0.493 e. The van der Waals surface area contributed by atoms with E-state index in [0.29, 0.717) is 5.56 Å². The van der Waals surface area contributed by atoms with Crippen LogP contribution in [0.4, 0.5) is 4.79 Å². The van der Waals surface area contributed by atoms with Gasteiger partial charge >= 0.3 is 10.1 Å². The van der Waals surface area contributed by atoms with Gasteiger partial charge in [-0.2, -0.15) is 8.42 Å². The van der Waals surface area contributed by atoms with Crippen molar-refractivity contribution in [2.24, 2.45) is 0 Å². The van der Waals surface area contributed by atoms with Crippen LogP contribution in [0.3, 0.4) is 0 Å². The van der Waals surface area contributed by atoms with E-state index in [9.17, 15) is 18.0 Å². The van der Waals surface area contributed by atoms with Gasteiger partial charge in [-0.3, -0.25) is 14.5 Å². The molecule has 210 valence electrons. The molecule has 0 radical (unpaired) electrons. The molecule has 1 heterocycles. The molecule has 1 aliphatic heterocycles. The standard InChI is InChI=1S/C30H31NO7S2/c1-19(2)24-12-8-21(4)16-26(24)37-15-14-31-29(32)28(39-30(31)33)18-22-9-13-25(27(17-22)36-5)38-40(34,35)23-10-6-20(3)7-11-23/h6-13,16-19H,14-15H2,1-5H3/b28-18-. The van der Waals surface area contributed by atoms with Crippen molar-refractivity contribution in [3.05, 3.63) is 87.8 Å². The lowest BCUT2D eigenvalue weighted by molar-refractivity contribution is -0.123. The molecule has 3 aromatic rings. The fourth-order valence-corrected chi connectivity index (χ4v) is 5.85.